The lowest BCUT2D eigenvalue weighted by molar-refractivity contribution is 0.0768. The minimum absolute atomic E-state index is 0.694. The molecular formula is C15H31N3. The fourth-order valence-electron chi connectivity index (χ4n) is 3.25. The Morgan fingerprint density at radius 2 is 2.00 bits per heavy atom. The second-order valence-corrected chi connectivity index (χ2v) is 6.56. The van der Waals surface area contributed by atoms with Crippen molar-refractivity contribution in [3.05, 3.63) is 0 Å². The number of hydrogen-bond acceptors (Lipinski definition) is 3. The van der Waals surface area contributed by atoms with E-state index in [2.05, 4.69) is 35.9 Å². The number of nitrogens with zero attached hydrogens (tertiary/aromatic N) is 2. The Balaban J connectivity index is 1.64. The number of hydrogen-bond donors (Lipinski definition) is 1. The second kappa shape index (κ2) is 6.88. The Labute approximate surface area is 113 Å². The lowest BCUT2D eigenvalue weighted by Gasteiger charge is -2.40. The molecule has 2 rings (SSSR count). The Kier molecular flexibility index (Phi) is 5.46. The predicted octanol–water partition coefficient (Wildman–Crippen LogP) is 1.79. The van der Waals surface area contributed by atoms with Crippen molar-refractivity contribution in [3.8, 4) is 0 Å². The zero-order valence-electron chi connectivity index (χ0n) is 12.5. The van der Waals surface area contributed by atoms with Gasteiger partial charge in [0, 0.05) is 38.3 Å². The summed E-state index contributed by atoms with van der Waals surface area (Å²) in [6, 6.07) is 1.55. The average molecular weight is 253 g/mol. The molecule has 3 heteroatoms. The molecule has 2 unspecified atom stereocenters. The fourth-order valence-corrected chi connectivity index (χ4v) is 3.25. The summed E-state index contributed by atoms with van der Waals surface area (Å²) in [4.78, 5) is 5.38. The lowest BCUT2D eigenvalue weighted by Crippen LogP contribution is -2.54. The molecule has 3 nitrogen and oxygen atoms in total. The molecule has 1 N–H and O–H groups in total. The maximum atomic E-state index is 3.62. The Hall–Kier alpha value is -0.120. The maximum absolute atomic E-state index is 3.62. The van der Waals surface area contributed by atoms with E-state index in [1.165, 1.54) is 52.0 Å². The molecule has 2 aliphatic heterocycles. The molecule has 0 amide bonds. The molecule has 2 atom stereocenters. The van der Waals surface area contributed by atoms with Gasteiger partial charge in [-0.2, -0.15) is 0 Å². The van der Waals surface area contributed by atoms with Crippen LogP contribution in [0.25, 0.3) is 0 Å². The van der Waals surface area contributed by atoms with Gasteiger partial charge in [0.1, 0.15) is 0 Å². The summed E-state index contributed by atoms with van der Waals surface area (Å²) in [7, 11) is 0. The Bertz CT molecular complexity index is 242. The van der Waals surface area contributed by atoms with Crippen molar-refractivity contribution in [2.45, 2.75) is 52.1 Å². The summed E-state index contributed by atoms with van der Waals surface area (Å²) >= 11 is 0. The first-order valence-electron chi connectivity index (χ1n) is 7.85. The average Bonchev–Trinajstić information content (AvgIpc) is 2.81. The fraction of sp³-hybridized carbons (Fsp3) is 1.00. The molecule has 0 aromatic heterocycles. The summed E-state index contributed by atoms with van der Waals surface area (Å²) in [5.74, 6) is 0.815. The minimum Gasteiger partial charge on any atom is -0.315 e. The summed E-state index contributed by atoms with van der Waals surface area (Å²) in [5.41, 5.74) is 0. The molecule has 0 spiro atoms. The predicted molar refractivity (Wildman–Crippen MR) is 78.0 cm³/mol. The topological polar surface area (TPSA) is 18.5 Å². The first-order valence-corrected chi connectivity index (χ1v) is 7.85. The normalized spacial score (nSPS) is 27.7. The van der Waals surface area contributed by atoms with E-state index < -0.39 is 0 Å². The highest BCUT2D eigenvalue weighted by molar-refractivity contribution is 4.88. The van der Waals surface area contributed by atoms with E-state index in [1.807, 2.05) is 0 Å². The van der Waals surface area contributed by atoms with E-state index in [1.54, 1.807) is 0 Å². The molecule has 2 aliphatic rings. The lowest BCUT2D eigenvalue weighted by atomic mass is 10.1. The summed E-state index contributed by atoms with van der Waals surface area (Å²) < 4.78 is 0. The van der Waals surface area contributed by atoms with E-state index in [-0.39, 0.29) is 0 Å². The van der Waals surface area contributed by atoms with E-state index >= 15 is 0 Å². The molecule has 0 aromatic rings. The highest BCUT2D eigenvalue weighted by Gasteiger charge is 2.31. The molecule has 2 saturated heterocycles. The molecular weight excluding hydrogens is 222 g/mol. The van der Waals surface area contributed by atoms with Gasteiger partial charge < -0.3 is 5.32 Å². The van der Waals surface area contributed by atoms with Gasteiger partial charge in [0.15, 0.2) is 0 Å². The van der Waals surface area contributed by atoms with Gasteiger partial charge in [-0.3, -0.25) is 9.80 Å². The molecule has 0 aromatic carbocycles. The van der Waals surface area contributed by atoms with Gasteiger partial charge in [0.05, 0.1) is 0 Å². The molecule has 0 radical (unpaired) electrons. The van der Waals surface area contributed by atoms with Crippen molar-refractivity contribution in [1.29, 1.82) is 0 Å². The van der Waals surface area contributed by atoms with Crippen LogP contribution >= 0.6 is 0 Å². The van der Waals surface area contributed by atoms with Gasteiger partial charge in [-0.05, 0) is 45.2 Å². The van der Waals surface area contributed by atoms with Crippen molar-refractivity contribution in [3.63, 3.8) is 0 Å². The number of piperazine rings is 1. The van der Waals surface area contributed by atoms with E-state index in [9.17, 15) is 0 Å². The van der Waals surface area contributed by atoms with Crippen molar-refractivity contribution in [2.75, 3.05) is 39.3 Å². The van der Waals surface area contributed by atoms with E-state index in [4.69, 9.17) is 0 Å². The van der Waals surface area contributed by atoms with Crippen LogP contribution < -0.4 is 5.32 Å². The monoisotopic (exact) mass is 253 g/mol. The number of rotatable bonds is 6. The zero-order chi connectivity index (χ0) is 13.0. The van der Waals surface area contributed by atoms with Crippen molar-refractivity contribution >= 4 is 0 Å². The van der Waals surface area contributed by atoms with Crippen molar-refractivity contribution < 1.29 is 0 Å². The number of fused-ring (bicyclic) bond motifs is 1. The van der Waals surface area contributed by atoms with Crippen LogP contribution in [0.5, 0.6) is 0 Å². The first kappa shape index (κ1) is 14.3. The van der Waals surface area contributed by atoms with Gasteiger partial charge in [0.2, 0.25) is 0 Å². The van der Waals surface area contributed by atoms with Crippen LogP contribution in [0, 0.1) is 5.92 Å². The van der Waals surface area contributed by atoms with Gasteiger partial charge >= 0.3 is 0 Å². The summed E-state index contributed by atoms with van der Waals surface area (Å²) in [6.07, 6.45) is 4.13. The standard InChI is InChI=1S/C15H31N3/c1-13(2)6-7-16-11-14(3)18-10-9-17-8-4-5-15(17)12-18/h13-16H,4-12H2,1-3H3. The Morgan fingerprint density at radius 1 is 1.17 bits per heavy atom. The SMILES string of the molecule is CC(C)CCNCC(C)N1CCN2CCCC2C1. The van der Waals surface area contributed by atoms with E-state index in [0.717, 1.165) is 18.5 Å². The molecule has 0 aliphatic carbocycles. The Morgan fingerprint density at radius 3 is 2.78 bits per heavy atom. The van der Waals surface area contributed by atoms with Crippen LogP contribution in [-0.2, 0) is 0 Å². The van der Waals surface area contributed by atoms with Crippen LogP contribution in [0.3, 0.4) is 0 Å². The molecule has 0 saturated carbocycles. The van der Waals surface area contributed by atoms with Crippen LogP contribution in [0.4, 0.5) is 0 Å². The van der Waals surface area contributed by atoms with Gasteiger partial charge in [-0.15, -0.1) is 0 Å². The van der Waals surface area contributed by atoms with Gasteiger partial charge in [-0.1, -0.05) is 13.8 Å². The number of nitrogens with one attached hydrogen (secondary N) is 1. The quantitative estimate of drug-likeness (QED) is 0.728. The third kappa shape index (κ3) is 3.94. The largest absolute Gasteiger partial charge is 0.315 e. The third-order valence-electron chi connectivity index (χ3n) is 4.58. The molecule has 106 valence electrons. The van der Waals surface area contributed by atoms with Gasteiger partial charge in [0.25, 0.3) is 0 Å². The first-order chi connectivity index (χ1) is 8.66. The smallest absolute Gasteiger partial charge is 0.0224 e. The van der Waals surface area contributed by atoms with Crippen molar-refractivity contribution in [2.24, 2.45) is 5.92 Å². The van der Waals surface area contributed by atoms with Crippen LogP contribution in [-0.4, -0.2) is 61.2 Å². The molecule has 0 bridgehead atoms. The summed E-state index contributed by atoms with van der Waals surface area (Å²) in [5, 5.41) is 3.62. The van der Waals surface area contributed by atoms with Crippen molar-refractivity contribution in [1.82, 2.24) is 15.1 Å². The summed E-state index contributed by atoms with van der Waals surface area (Å²) in [6.45, 7) is 14.5. The van der Waals surface area contributed by atoms with E-state index in [0.29, 0.717) is 6.04 Å². The van der Waals surface area contributed by atoms with Crippen LogP contribution in [0.1, 0.15) is 40.0 Å². The highest BCUT2D eigenvalue weighted by atomic mass is 15.3. The van der Waals surface area contributed by atoms with Crippen LogP contribution in [0.15, 0.2) is 0 Å². The second-order valence-electron chi connectivity index (χ2n) is 6.56. The van der Waals surface area contributed by atoms with Gasteiger partial charge in [-0.25, -0.2) is 0 Å². The molecule has 18 heavy (non-hydrogen) atoms. The maximum Gasteiger partial charge on any atom is 0.0224 e. The van der Waals surface area contributed by atoms with Crippen LogP contribution in [0.2, 0.25) is 0 Å². The molecule has 2 fully saturated rings. The zero-order valence-corrected chi connectivity index (χ0v) is 12.5. The molecule has 2 heterocycles. The highest BCUT2D eigenvalue weighted by Crippen LogP contribution is 2.22. The third-order valence-corrected chi connectivity index (χ3v) is 4.58. The minimum atomic E-state index is 0.694.